The van der Waals surface area contributed by atoms with Gasteiger partial charge < -0.3 is 0 Å². The number of hydrogen-bond donors (Lipinski definition) is 0. The molecule has 28 heavy (non-hydrogen) atoms. The first kappa shape index (κ1) is 17.4. The average Bonchev–Trinajstić information content (AvgIpc) is 3.28. The molecule has 0 unspecified atom stereocenters. The minimum atomic E-state index is -0.356. The van der Waals surface area contributed by atoms with Crippen molar-refractivity contribution >= 4 is 34.1 Å². The van der Waals surface area contributed by atoms with Gasteiger partial charge in [-0.15, -0.1) is 22.0 Å². The summed E-state index contributed by atoms with van der Waals surface area (Å²) in [5.41, 5.74) is 0.721. The molecule has 4 aliphatic carbocycles. The lowest BCUT2D eigenvalue weighted by molar-refractivity contribution is -0.115. The van der Waals surface area contributed by atoms with E-state index in [1.54, 1.807) is 28.4 Å². The number of halogens is 1. The van der Waals surface area contributed by atoms with Crippen molar-refractivity contribution in [2.75, 3.05) is 10.7 Å². The summed E-state index contributed by atoms with van der Waals surface area (Å²) in [7, 11) is 0. The number of carbonyl (C=O) groups is 1. The highest BCUT2D eigenvalue weighted by molar-refractivity contribution is 8.00. The van der Waals surface area contributed by atoms with Crippen molar-refractivity contribution < 1.29 is 9.18 Å². The van der Waals surface area contributed by atoms with Gasteiger partial charge in [-0.25, -0.2) is 4.39 Å². The summed E-state index contributed by atoms with van der Waals surface area (Å²) in [4.78, 5) is 14.3. The maximum absolute atomic E-state index is 14.4. The van der Waals surface area contributed by atoms with Crippen molar-refractivity contribution in [1.29, 1.82) is 0 Å². The van der Waals surface area contributed by atoms with Gasteiger partial charge in [0.15, 0.2) is 0 Å². The summed E-state index contributed by atoms with van der Waals surface area (Å²) in [6.07, 6.45) is 7.86. The standard InChI is InChI=1S/C21H22FN3OS2/c22-16-4-2-1-3-15(16)18-25(17(26)11-27-18)20-24-23-19(28-20)21-8-12-5-13(9-21)7-14(6-12)10-21/h1-4,12-14,18H,5-11H2/t12?,13?,14?,18-,21?/m0/s1. The molecule has 4 nitrogen and oxygen atoms in total. The predicted molar refractivity (Wildman–Crippen MR) is 109 cm³/mol. The van der Waals surface area contributed by atoms with Crippen LogP contribution in [-0.4, -0.2) is 21.9 Å². The van der Waals surface area contributed by atoms with Crippen molar-refractivity contribution in [2.24, 2.45) is 17.8 Å². The Morgan fingerprint density at radius 3 is 2.39 bits per heavy atom. The van der Waals surface area contributed by atoms with E-state index >= 15 is 0 Å². The van der Waals surface area contributed by atoms with Gasteiger partial charge in [0, 0.05) is 11.0 Å². The number of anilines is 1. The van der Waals surface area contributed by atoms with E-state index in [-0.39, 0.29) is 22.5 Å². The van der Waals surface area contributed by atoms with Crippen molar-refractivity contribution in [3.63, 3.8) is 0 Å². The molecule has 4 bridgehead atoms. The summed E-state index contributed by atoms with van der Waals surface area (Å²) in [5.74, 6) is 2.60. The van der Waals surface area contributed by atoms with Gasteiger partial charge in [-0.2, -0.15) is 0 Å². The second kappa shape index (κ2) is 6.26. The Morgan fingerprint density at radius 1 is 1.04 bits per heavy atom. The Balaban J connectivity index is 1.34. The number of benzene rings is 1. The molecule has 5 fully saturated rings. The lowest BCUT2D eigenvalue weighted by atomic mass is 9.50. The maximum Gasteiger partial charge on any atom is 0.240 e. The van der Waals surface area contributed by atoms with Crippen molar-refractivity contribution in [1.82, 2.24) is 10.2 Å². The molecule has 0 N–H and O–H groups in total. The molecule has 0 spiro atoms. The second-order valence-electron chi connectivity index (χ2n) is 9.04. The van der Waals surface area contributed by atoms with Crippen LogP contribution in [0.3, 0.4) is 0 Å². The molecule has 1 saturated heterocycles. The van der Waals surface area contributed by atoms with Crippen LogP contribution in [0.25, 0.3) is 0 Å². The van der Waals surface area contributed by atoms with Crippen LogP contribution in [0.5, 0.6) is 0 Å². The lowest BCUT2D eigenvalue weighted by Gasteiger charge is -2.55. The van der Waals surface area contributed by atoms with E-state index in [4.69, 9.17) is 0 Å². The van der Waals surface area contributed by atoms with Crippen LogP contribution in [0.15, 0.2) is 24.3 Å². The molecule has 4 saturated carbocycles. The Hall–Kier alpha value is -1.47. The highest BCUT2D eigenvalue weighted by atomic mass is 32.2. The molecule has 146 valence electrons. The topological polar surface area (TPSA) is 46.1 Å². The van der Waals surface area contributed by atoms with E-state index in [0.717, 1.165) is 22.8 Å². The number of rotatable bonds is 3. The van der Waals surface area contributed by atoms with Crippen molar-refractivity contribution in [3.8, 4) is 0 Å². The lowest BCUT2D eigenvalue weighted by Crippen LogP contribution is -2.48. The third kappa shape index (κ3) is 2.58. The van der Waals surface area contributed by atoms with Crippen LogP contribution in [0.2, 0.25) is 0 Å². The fourth-order valence-corrected chi connectivity index (χ4v) is 8.79. The first-order chi connectivity index (χ1) is 13.6. The fourth-order valence-electron chi connectivity index (χ4n) is 6.44. The Kier molecular flexibility index (Phi) is 3.89. The van der Waals surface area contributed by atoms with Gasteiger partial charge in [0.25, 0.3) is 0 Å². The molecule has 1 amide bonds. The van der Waals surface area contributed by atoms with Crippen LogP contribution in [0.1, 0.15) is 54.5 Å². The highest BCUT2D eigenvalue weighted by Crippen LogP contribution is 2.61. The molecular weight excluding hydrogens is 393 g/mol. The van der Waals surface area contributed by atoms with Gasteiger partial charge >= 0.3 is 0 Å². The first-order valence-electron chi connectivity index (χ1n) is 10.1. The van der Waals surface area contributed by atoms with Gasteiger partial charge in [-0.1, -0.05) is 29.5 Å². The zero-order valence-corrected chi connectivity index (χ0v) is 17.1. The van der Waals surface area contributed by atoms with Crippen LogP contribution in [0, 0.1) is 23.6 Å². The van der Waals surface area contributed by atoms with Crippen LogP contribution in [0.4, 0.5) is 9.52 Å². The Labute approximate surface area is 171 Å². The van der Waals surface area contributed by atoms with Gasteiger partial charge in [0.1, 0.15) is 16.2 Å². The molecule has 5 aliphatic rings. The number of carbonyl (C=O) groups excluding carboxylic acids is 1. The number of hydrogen-bond acceptors (Lipinski definition) is 5. The second-order valence-corrected chi connectivity index (χ2v) is 11.1. The SMILES string of the molecule is O=C1CS[C@@H](c2ccccc2F)N1c1nnc(C23CC4CC(CC(C4)C2)C3)s1. The molecule has 1 aromatic heterocycles. The normalized spacial score (nSPS) is 36.5. The van der Waals surface area contributed by atoms with Gasteiger partial charge in [-0.05, 0) is 62.3 Å². The summed E-state index contributed by atoms with van der Waals surface area (Å²) in [6.45, 7) is 0. The van der Waals surface area contributed by atoms with Crippen molar-refractivity contribution in [3.05, 3.63) is 40.7 Å². The van der Waals surface area contributed by atoms with Crippen LogP contribution >= 0.6 is 23.1 Å². The minimum Gasteiger partial charge on any atom is -0.273 e. The molecule has 2 aromatic rings. The predicted octanol–water partition coefficient (Wildman–Crippen LogP) is 4.92. The number of thioether (sulfide) groups is 1. The molecule has 7 heteroatoms. The molecule has 0 radical (unpaired) electrons. The zero-order chi connectivity index (χ0) is 18.9. The van der Waals surface area contributed by atoms with E-state index in [1.807, 2.05) is 6.07 Å². The van der Waals surface area contributed by atoms with Crippen LogP contribution in [-0.2, 0) is 10.2 Å². The van der Waals surface area contributed by atoms with E-state index in [1.165, 1.54) is 56.4 Å². The summed E-state index contributed by atoms with van der Waals surface area (Å²) >= 11 is 3.04. The van der Waals surface area contributed by atoms with E-state index in [2.05, 4.69) is 10.2 Å². The van der Waals surface area contributed by atoms with Crippen molar-refractivity contribution in [2.45, 2.75) is 49.3 Å². The number of aromatic nitrogens is 2. The number of nitrogens with zero attached hydrogens (tertiary/aromatic N) is 3. The molecule has 7 rings (SSSR count). The van der Waals surface area contributed by atoms with E-state index in [0.29, 0.717) is 16.4 Å². The zero-order valence-electron chi connectivity index (χ0n) is 15.5. The fraction of sp³-hybridized carbons (Fsp3) is 0.571. The van der Waals surface area contributed by atoms with Gasteiger partial charge in [-0.3, -0.25) is 9.69 Å². The molecule has 1 atom stereocenters. The molecular formula is C21H22FN3OS2. The molecule has 2 heterocycles. The Bertz CT molecular complexity index is 910. The van der Waals surface area contributed by atoms with E-state index in [9.17, 15) is 9.18 Å². The third-order valence-corrected chi connectivity index (χ3v) is 9.51. The van der Waals surface area contributed by atoms with Crippen LogP contribution < -0.4 is 4.90 Å². The average molecular weight is 416 g/mol. The monoisotopic (exact) mass is 415 g/mol. The summed E-state index contributed by atoms with van der Waals surface area (Å²) in [5, 5.41) is 10.4. The molecule has 1 aliphatic heterocycles. The third-order valence-electron chi connectivity index (χ3n) is 7.15. The summed E-state index contributed by atoms with van der Waals surface area (Å²) < 4.78 is 14.4. The summed E-state index contributed by atoms with van der Waals surface area (Å²) in [6, 6.07) is 6.72. The van der Waals surface area contributed by atoms with Gasteiger partial charge in [0.05, 0.1) is 5.75 Å². The number of amides is 1. The van der Waals surface area contributed by atoms with Gasteiger partial charge in [0.2, 0.25) is 11.0 Å². The Morgan fingerprint density at radius 2 is 1.71 bits per heavy atom. The highest BCUT2D eigenvalue weighted by Gasteiger charge is 2.53. The largest absolute Gasteiger partial charge is 0.273 e. The first-order valence-corrected chi connectivity index (χ1v) is 12.0. The minimum absolute atomic E-state index is 0.00790. The maximum atomic E-state index is 14.4. The molecule has 1 aromatic carbocycles. The van der Waals surface area contributed by atoms with E-state index < -0.39 is 0 Å². The quantitative estimate of drug-likeness (QED) is 0.714. The smallest absolute Gasteiger partial charge is 0.240 e.